The fraction of sp³-hybridized carbons (Fsp3) is 0.250. The van der Waals surface area contributed by atoms with Gasteiger partial charge in [0, 0.05) is 17.2 Å². The average molecular weight is 469 g/mol. The number of carboxylic acids is 1. The SMILES string of the molecule is COc1cc(-c2ccc(C(=O)N3[C@@H](c4cccc(F)c4F)CC[C@H]3C(=O)O)cc2)c(OC)nn1. The quantitative estimate of drug-likeness (QED) is 0.585. The Morgan fingerprint density at radius 3 is 2.41 bits per heavy atom. The lowest BCUT2D eigenvalue weighted by Crippen LogP contribution is -2.42. The van der Waals surface area contributed by atoms with Gasteiger partial charge in [-0.3, -0.25) is 4.79 Å². The Morgan fingerprint density at radius 2 is 1.76 bits per heavy atom. The molecule has 0 radical (unpaired) electrons. The summed E-state index contributed by atoms with van der Waals surface area (Å²) in [6, 6.07) is 9.60. The van der Waals surface area contributed by atoms with E-state index in [0.29, 0.717) is 11.1 Å². The Labute approximate surface area is 193 Å². The minimum absolute atomic E-state index is 0.0478. The first-order valence-corrected chi connectivity index (χ1v) is 10.4. The van der Waals surface area contributed by atoms with Crippen LogP contribution in [0.5, 0.6) is 11.8 Å². The minimum atomic E-state index is -1.20. The number of methoxy groups -OCH3 is 2. The van der Waals surface area contributed by atoms with E-state index in [1.165, 1.54) is 38.5 Å². The molecule has 0 saturated carbocycles. The standard InChI is InChI=1S/C24H21F2N3O5/c1-33-20-12-16(22(34-2)28-27-20)13-6-8-14(9-7-13)23(30)29-18(10-11-19(29)24(31)32)15-4-3-5-17(25)21(15)26/h3-9,12,18-19H,10-11H2,1-2H3,(H,31,32)/t18-,19+/m1/s1. The molecule has 1 amide bonds. The van der Waals surface area contributed by atoms with Gasteiger partial charge in [0.2, 0.25) is 11.8 Å². The van der Waals surface area contributed by atoms with Gasteiger partial charge < -0.3 is 19.5 Å². The normalized spacial score (nSPS) is 17.5. The lowest BCUT2D eigenvalue weighted by molar-refractivity contribution is -0.141. The maximum absolute atomic E-state index is 14.5. The summed E-state index contributed by atoms with van der Waals surface area (Å²) in [4.78, 5) is 26.4. The van der Waals surface area contributed by atoms with Crippen LogP contribution in [0.4, 0.5) is 8.78 Å². The average Bonchev–Trinajstić information content (AvgIpc) is 3.30. The molecule has 4 rings (SSSR count). The number of hydrogen-bond donors (Lipinski definition) is 1. The van der Waals surface area contributed by atoms with Gasteiger partial charge in [-0.2, -0.15) is 0 Å². The molecule has 176 valence electrons. The summed E-state index contributed by atoms with van der Waals surface area (Å²) in [5.74, 6) is -3.41. The summed E-state index contributed by atoms with van der Waals surface area (Å²) in [5.41, 5.74) is 1.39. The first-order valence-electron chi connectivity index (χ1n) is 10.4. The van der Waals surface area contributed by atoms with Gasteiger partial charge in [0.1, 0.15) is 6.04 Å². The van der Waals surface area contributed by atoms with Gasteiger partial charge in [-0.25, -0.2) is 13.6 Å². The number of carboxylic acid groups (broad SMARTS) is 1. The van der Waals surface area contributed by atoms with Crippen LogP contribution in [0.15, 0.2) is 48.5 Å². The van der Waals surface area contributed by atoms with Crippen molar-refractivity contribution in [1.82, 2.24) is 15.1 Å². The van der Waals surface area contributed by atoms with Crippen molar-refractivity contribution in [2.24, 2.45) is 0 Å². The topological polar surface area (TPSA) is 102 Å². The van der Waals surface area contributed by atoms with Gasteiger partial charge in [0.05, 0.1) is 25.8 Å². The third kappa shape index (κ3) is 4.14. The first-order chi connectivity index (χ1) is 16.3. The molecule has 2 atom stereocenters. The third-order valence-corrected chi connectivity index (χ3v) is 5.83. The molecule has 0 bridgehead atoms. The molecular formula is C24H21F2N3O5. The molecule has 10 heteroatoms. The summed E-state index contributed by atoms with van der Waals surface area (Å²) in [6.07, 6.45) is 0.320. The number of ether oxygens (including phenoxy) is 2. The number of aliphatic carboxylic acids is 1. The number of halogens is 2. The predicted octanol–water partition coefficient (Wildman–Crippen LogP) is 3.87. The molecule has 34 heavy (non-hydrogen) atoms. The monoisotopic (exact) mass is 469 g/mol. The number of aromatic nitrogens is 2. The fourth-order valence-corrected chi connectivity index (χ4v) is 4.18. The van der Waals surface area contributed by atoms with Crippen LogP contribution in [0.3, 0.4) is 0 Å². The minimum Gasteiger partial charge on any atom is -0.480 e. The number of nitrogens with zero attached hydrogens (tertiary/aromatic N) is 3. The molecule has 1 N–H and O–H groups in total. The molecule has 3 aromatic rings. The van der Waals surface area contributed by atoms with Crippen molar-refractivity contribution < 1.29 is 33.0 Å². The highest BCUT2D eigenvalue weighted by atomic mass is 19.2. The van der Waals surface area contributed by atoms with Gasteiger partial charge >= 0.3 is 5.97 Å². The van der Waals surface area contributed by atoms with Crippen LogP contribution in [0.1, 0.15) is 34.8 Å². The number of carbonyl (C=O) groups excluding carboxylic acids is 1. The van der Waals surface area contributed by atoms with Crippen LogP contribution < -0.4 is 9.47 Å². The van der Waals surface area contributed by atoms with Crippen molar-refractivity contribution in [2.75, 3.05) is 14.2 Å². The molecule has 1 saturated heterocycles. The van der Waals surface area contributed by atoms with Gasteiger partial charge in [0.25, 0.3) is 5.91 Å². The second kappa shape index (κ2) is 9.42. The Kier molecular flexibility index (Phi) is 6.40. The maximum atomic E-state index is 14.5. The molecular weight excluding hydrogens is 448 g/mol. The fourth-order valence-electron chi connectivity index (χ4n) is 4.18. The Hall–Kier alpha value is -4.08. The summed E-state index contributed by atoms with van der Waals surface area (Å²) >= 11 is 0. The highest BCUT2D eigenvalue weighted by Crippen LogP contribution is 2.39. The molecule has 1 aliphatic heterocycles. The van der Waals surface area contributed by atoms with Crippen molar-refractivity contribution in [3.8, 4) is 22.9 Å². The summed E-state index contributed by atoms with van der Waals surface area (Å²) in [7, 11) is 2.90. The summed E-state index contributed by atoms with van der Waals surface area (Å²) < 4.78 is 38.7. The number of hydrogen-bond acceptors (Lipinski definition) is 6. The van der Waals surface area contributed by atoms with Crippen molar-refractivity contribution in [3.05, 3.63) is 71.3 Å². The molecule has 1 aromatic heterocycles. The summed E-state index contributed by atoms with van der Waals surface area (Å²) in [6.45, 7) is 0. The van der Waals surface area contributed by atoms with E-state index in [4.69, 9.17) is 9.47 Å². The predicted molar refractivity (Wildman–Crippen MR) is 116 cm³/mol. The zero-order valence-corrected chi connectivity index (χ0v) is 18.4. The molecule has 1 aliphatic rings. The summed E-state index contributed by atoms with van der Waals surface area (Å²) in [5, 5.41) is 17.5. The Balaban J connectivity index is 1.69. The van der Waals surface area contributed by atoms with Crippen LogP contribution in [-0.2, 0) is 4.79 Å². The number of likely N-dealkylation sites (tertiary alicyclic amines) is 1. The Bertz CT molecular complexity index is 1240. The lowest BCUT2D eigenvalue weighted by Gasteiger charge is -2.29. The van der Waals surface area contributed by atoms with E-state index in [2.05, 4.69) is 10.2 Å². The number of rotatable bonds is 6. The van der Waals surface area contributed by atoms with Crippen molar-refractivity contribution in [1.29, 1.82) is 0 Å². The van der Waals surface area contributed by atoms with E-state index in [0.717, 1.165) is 11.0 Å². The smallest absolute Gasteiger partial charge is 0.326 e. The van der Waals surface area contributed by atoms with E-state index < -0.39 is 35.6 Å². The van der Waals surface area contributed by atoms with Crippen LogP contribution in [0.25, 0.3) is 11.1 Å². The second-order valence-corrected chi connectivity index (χ2v) is 7.69. The van der Waals surface area contributed by atoms with E-state index in [9.17, 15) is 23.5 Å². The van der Waals surface area contributed by atoms with Crippen LogP contribution >= 0.6 is 0 Å². The molecule has 8 nitrogen and oxygen atoms in total. The molecule has 0 unspecified atom stereocenters. The van der Waals surface area contributed by atoms with Crippen molar-refractivity contribution in [3.63, 3.8) is 0 Å². The zero-order chi connectivity index (χ0) is 24.4. The molecule has 2 heterocycles. The van der Waals surface area contributed by atoms with Gasteiger partial charge in [0.15, 0.2) is 11.6 Å². The first kappa shape index (κ1) is 23.1. The van der Waals surface area contributed by atoms with E-state index in [1.807, 2.05) is 0 Å². The zero-order valence-electron chi connectivity index (χ0n) is 18.4. The molecule has 2 aromatic carbocycles. The van der Waals surface area contributed by atoms with E-state index in [-0.39, 0.29) is 35.7 Å². The van der Waals surface area contributed by atoms with E-state index >= 15 is 0 Å². The van der Waals surface area contributed by atoms with Gasteiger partial charge in [-0.1, -0.05) is 24.3 Å². The number of benzene rings is 2. The van der Waals surface area contributed by atoms with Crippen LogP contribution in [0, 0.1) is 11.6 Å². The third-order valence-electron chi connectivity index (χ3n) is 5.83. The van der Waals surface area contributed by atoms with Crippen molar-refractivity contribution in [2.45, 2.75) is 24.9 Å². The molecule has 1 fully saturated rings. The van der Waals surface area contributed by atoms with E-state index in [1.54, 1.807) is 18.2 Å². The molecule has 0 aliphatic carbocycles. The number of carbonyl (C=O) groups is 2. The van der Waals surface area contributed by atoms with Gasteiger partial charge in [-0.05, 0) is 36.6 Å². The maximum Gasteiger partial charge on any atom is 0.326 e. The largest absolute Gasteiger partial charge is 0.480 e. The van der Waals surface area contributed by atoms with Crippen LogP contribution in [-0.4, -0.2) is 52.3 Å². The molecule has 0 spiro atoms. The highest BCUT2D eigenvalue weighted by Gasteiger charge is 2.43. The lowest BCUT2D eigenvalue weighted by atomic mass is 10.0. The number of amides is 1. The highest BCUT2D eigenvalue weighted by molar-refractivity contribution is 5.97. The Morgan fingerprint density at radius 1 is 1.03 bits per heavy atom. The van der Waals surface area contributed by atoms with Gasteiger partial charge in [-0.15, -0.1) is 10.2 Å². The van der Waals surface area contributed by atoms with Crippen LogP contribution in [0.2, 0.25) is 0 Å². The van der Waals surface area contributed by atoms with Crippen molar-refractivity contribution >= 4 is 11.9 Å². The second-order valence-electron chi connectivity index (χ2n) is 7.69.